The molecule has 1 aromatic carbocycles. The first kappa shape index (κ1) is 22.2. The quantitative estimate of drug-likeness (QED) is 0.173. The van der Waals surface area contributed by atoms with Gasteiger partial charge in [0.2, 0.25) is 0 Å². The average molecular weight is 391 g/mol. The summed E-state index contributed by atoms with van der Waals surface area (Å²) in [5.41, 5.74) is 0. The molecule has 1 aromatic rings. The summed E-state index contributed by atoms with van der Waals surface area (Å²) < 4.78 is 12.7. The van der Waals surface area contributed by atoms with Gasteiger partial charge in [-0.2, -0.15) is 0 Å². The van der Waals surface area contributed by atoms with Crippen LogP contribution >= 0.6 is 28.1 Å². The summed E-state index contributed by atoms with van der Waals surface area (Å²) in [5.74, 6) is 2.03. The van der Waals surface area contributed by atoms with Crippen LogP contribution in [0.2, 0.25) is 0 Å². The first-order valence-electron chi connectivity index (χ1n) is 9.45. The van der Waals surface area contributed by atoms with Gasteiger partial charge in [0, 0.05) is 0 Å². The van der Waals surface area contributed by atoms with Crippen LogP contribution in [0.15, 0.2) is 30.3 Å². The van der Waals surface area contributed by atoms with Crippen molar-refractivity contribution in [1.82, 2.24) is 0 Å². The molecule has 0 unspecified atom stereocenters. The summed E-state index contributed by atoms with van der Waals surface area (Å²) in [6, 6.07) is 10.2. The predicted octanol–water partition coefficient (Wildman–Crippen LogP) is 7.75. The molecule has 24 heavy (non-hydrogen) atoms. The maximum absolute atomic E-state index is 6.45. The molecule has 0 saturated heterocycles. The molecule has 0 atom stereocenters. The molecule has 0 aliphatic carbocycles. The van der Waals surface area contributed by atoms with Gasteiger partial charge in [0.25, 0.3) is 0 Å². The number of hydrogen-bond donors (Lipinski definition) is 0. The van der Waals surface area contributed by atoms with Crippen molar-refractivity contribution in [3.05, 3.63) is 30.3 Å². The summed E-state index contributed by atoms with van der Waals surface area (Å²) in [5, 5.41) is 0. The van der Waals surface area contributed by atoms with Gasteiger partial charge in [-0.15, -0.1) is 0 Å². The van der Waals surface area contributed by atoms with Crippen molar-refractivity contribution >= 4 is 28.1 Å². The molecule has 0 aliphatic rings. The van der Waals surface area contributed by atoms with Crippen molar-refractivity contribution < 1.29 is 9.05 Å². The molecule has 0 saturated carbocycles. The number of rotatable bonds is 15. The van der Waals surface area contributed by atoms with Crippen LogP contribution in [0.4, 0.5) is 0 Å². The monoisotopic (exact) mass is 390 g/mol. The summed E-state index contributed by atoms with van der Waals surface area (Å²) >= 11 is 0. The van der Waals surface area contributed by atoms with Crippen LogP contribution in [-0.2, 0) is 4.52 Å². The van der Waals surface area contributed by atoms with E-state index in [0.29, 0.717) is 0 Å². The zero-order valence-corrected chi connectivity index (χ0v) is 18.2. The van der Waals surface area contributed by atoms with Crippen LogP contribution in [0, 0.1) is 0 Å². The van der Waals surface area contributed by atoms with Crippen LogP contribution in [0.1, 0.15) is 65.7 Å². The van der Waals surface area contributed by atoms with Gasteiger partial charge in [-0.3, -0.25) is 0 Å². The minimum atomic E-state index is -2.25. The Labute approximate surface area is 157 Å². The van der Waals surface area contributed by atoms with Gasteiger partial charge in [0.15, 0.2) is 0 Å². The Morgan fingerprint density at radius 1 is 0.875 bits per heavy atom. The normalized spacial score (nSPS) is 12.3. The molecule has 0 heterocycles. The van der Waals surface area contributed by atoms with E-state index >= 15 is 0 Å². The molecule has 0 fully saturated rings. The fraction of sp³-hybridized carbons (Fsp3) is 0.684. The summed E-state index contributed by atoms with van der Waals surface area (Å²) in [4.78, 5) is 0. The third-order valence-electron chi connectivity index (χ3n) is 3.77. The molecule has 0 radical (unpaired) electrons. The Bertz CT molecular complexity index is 406. The Morgan fingerprint density at radius 2 is 1.54 bits per heavy atom. The van der Waals surface area contributed by atoms with E-state index in [1.54, 1.807) is 0 Å². The molecule has 0 bridgehead atoms. The zero-order valence-electron chi connectivity index (χ0n) is 15.6. The standard InChI is InChI=1S/C19H35O2PS2/c1-4-7-8-9-10-11-15-18-22(20-5-2,24-23-6-3)21-19-16-13-12-14-17-19/h12-14,16-17,22H,4-11,15,18H2,1-3H3. The van der Waals surface area contributed by atoms with Crippen molar-refractivity contribution in [3.8, 4) is 5.75 Å². The number of para-hydroxylation sites is 1. The molecule has 2 nitrogen and oxygen atoms in total. The van der Waals surface area contributed by atoms with Crippen molar-refractivity contribution in [2.75, 3.05) is 18.5 Å². The van der Waals surface area contributed by atoms with Gasteiger partial charge in [0.1, 0.15) is 0 Å². The van der Waals surface area contributed by atoms with Crippen LogP contribution in [0.5, 0.6) is 5.75 Å². The first-order chi connectivity index (χ1) is 11.8. The molecule has 5 heteroatoms. The average Bonchev–Trinajstić information content (AvgIpc) is 2.60. The van der Waals surface area contributed by atoms with Crippen LogP contribution in [0.3, 0.4) is 0 Å². The van der Waals surface area contributed by atoms with Gasteiger partial charge in [-0.05, 0) is 0 Å². The molecule has 0 N–H and O–H groups in total. The fourth-order valence-electron chi connectivity index (χ4n) is 2.57. The second kappa shape index (κ2) is 14.3. The van der Waals surface area contributed by atoms with E-state index in [1.807, 2.05) is 51.5 Å². The van der Waals surface area contributed by atoms with Gasteiger partial charge < -0.3 is 0 Å². The van der Waals surface area contributed by atoms with E-state index in [1.165, 1.54) is 44.9 Å². The molecular formula is C19H35O2PS2. The van der Waals surface area contributed by atoms with Crippen molar-refractivity contribution in [2.45, 2.75) is 65.7 Å². The zero-order chi connectivity index (χ0) is 17.5. The Kier molecular flexibility index (Phi) is 13.2. The third kappa shape index (κ3) is 9.56. The van der Waals surface area contributed by atoms with Gasteiger partial charge in [-0.1, -0.05) is 0 Å². The molecule has 1 rings (SSSR count). The van der Waals surface area contributed by atoms with Crippen molar-refractivity contribution in [3.63, 3.8) is 0 Å². The molecule has 0 aliphatic heterocycles. The van der Waals surface area contributed by atoms with E-state index in [-0.39, 0.29) is 0 Å². The van der Waals surface area contributed by atoms with Crippen molar-refractivity contribution in [2.24, 2.45) is 0 Å². The van der Waals surface area contributed by atoms with E-state index in [2.05, 4.69) is 20.8 Å². The van der Waals surface area contributed by atoms with Gasteiger partial charge >= 0.3 is 157 Å². The summed E-state index contributed by atoms with van der Waals surface area (Å²) in [6.07, 6.45) is 10.4. The Balaban J connectivity index is 2.55. The third-order valence-corrected chi connectivity index (χ3v) is 13.0. The van der Waals surface area contributed by atoms with Crippen LogP contribution in [0.25, 0.3) is 0 Å². The Morgan fingerprint density at radius 3 is 2.17 bits per heavy atom. The first-order valence-corrected chi connectivity index (χ1v) is 14.5. The fourth-order valence-corrected chi connectivity index (χ4v) is 11.6. The molecule has 0 aromatic heterocycles. The van der Waals surface area contributed by atoms with Gasteiger partial charge in [-0.25, -0.2) is 0 Å². The van der Waals surface area contributed by atoms with Crippen molar-refractivity contribution in [1.29, 1.82) is 0 Å². The maximum atomic E-state index is 6.45. The number of unbranched alkanes of at least 4 members (excludes halogenated alkanes) is 6. The van der Waals surface area contributed by atoms with E-state index < -0.39 is 6.92 Å². The number of benzene rings is 1. The predicted molar refractivity (Wildman–Crippen MR) is 116 cm³/mol. The van der Waals surface area contributed by atoms with E-state index in [9.17, 15) is 0 Å². The van der Waals surface area contributed by atoms with Gasteiger partial charge in [0.05, 0.1) is 0 Å². The van der Waals surface area contributed by atoms with E-state index in [4.69, 9.17) is 9.05 Å². The SMILES string of the molecule is CCCCCCCCC[PH](OCC)(Oc1ccccc1)SSCC. The topological polar surface area (TPSA) is 18.5 Å². The number of hydrogen-bond acceptors (Lipinski definition) is 4. The second-order valence-corrected chi connectivity index (χ2v) is 13.8. The van der Waals surface area contributed by atoms with Crippen LogP contribution < -0.4 is 4.52 Å². The summed E-state index contributed by atoms with van der Waals surface area (Å²) in [6.45, 7) is 5.02. The summed E-state index contributed by atoms with van der Waals surface area (Å²) in [7, 11) is 3.75. The molecule has 0 spiro atoms. The second-order valence-electron chi connectivity index (χ2n) is 5.89. The van der Waals surface area contributed by atoms with E-state index in [0.717, 1.165) is 24.3 Å². The van der Waals surface area contributed by atoms with Crippen LogP contribution in [-0.4, -0.2) is 18.5 Å². The molecular weight excluding hydrogens is 355 g/mol. The minimum absolute atomic E-state index is 0.729. The molecule has 0 amide bonds. The Hall–Kier alpha value is 0.110. The molecule has 140 valence electrons.